The molecule has 0 saturated carbocycles. The average molecular weight is 354 g/mol. The van der Waals surface area contributed by atoms with Crippen molar-refractivity contribution in [3.05, 3.63) is 40.5 Å². The fourth-order valence-corrected chi connectivity index (χ4v) is 4.38. The smallest absolute Gasteiger partial charge is 0.158 e. The van der Waals surface area contributed by atoms with Crippen LogP contribution in [0.1, 0.15) is 29.3 Å². The summed E-state index contributed by atoms with van der Waals surface area (Å²) >= 11 is 1.74. The van der Waals surface area contributed by atoms with Crippen LogP contribution in [0.2, 0.25) is 0 Å². The summed E-state index contributed by atoms with van der Waals surface area (Å²) in [5.41, 5.74) is 5.72. The number of nitrogens with zero attached hydrogens (tertiary/aromatic N) is 3. The second-order valence-corrected chi connectivity index (χ2v) is 7.04. The Morgan fingerprint density at radius 3 is 3.00 bits per heavy atom. The molecule has 1 aliphatic carbocycles. The Bertz CT molecular complexity index is 981. The molecule has 2 N–H and O–H groups in total. The molecule has 128 valence electrons. The summed E-state index contributed by atoms with van der Waals surface area (Å²) in [6, 6.07) is 5.15. The summed E-state index contributed by atoms with van der Waals surface area (Å²) < 4.78 is 5.11. The summed E-state index contributed by atoms with van der Waals surface area (Å²) in [5, 5.41) is 15.6. The van der Waals surface area contributed by atoms with Crippen LogP contribution in [0.15, 0.2) is 29.6 Å². The molecule has 1 aliphatic rings. The zero-order valence-corrected chi connectivity index (χ0v) is 14.9. The Labute approximate surface area is 149 Å². The van der Waals surface area contributed by atoms with E-state index in [1.165, 1.54) is 16.9 Å². The lowest BCUT2D eigenvalue weighted by atomic mass is 10.1. The second-order valence-electron chi connectivity index (χ2n) is 5.95. The minimum atomic E-state index is 0.131. The van der Waals surface area contributed by atoms with E-state index >= 15 is 0 Å². The molecule has 0 aliphatic heterocycles. The molecule has 0 bridgehead atoms. The number of hydrogen-bond donors (Lipinski definition) is 2. The molecule has 0 saturated heterocycles. The zero-order valence-electron chi connectivity index (χ0n) is 14.0. The third-order valence-electron chi connectivity index (χ3n) is 4.43. The normalized spacial score (nSPS) is 13.9. The van der Waals surface area contributed by atoms with Crippen molar-refractivity contribution in [2.24, 2.45) is 5.10 Å². The average Bonchev–Trinajstić information content (AvgIpc) is 3.20. The first-order chi connectivity index (χ1) is 12.2. The number of anilines is 1. The predicted molar refractivity (Wildman–Crippen MR) is 99.9 cm³/mol. The maximum Gasteiger partial charge on any atom is 0.158 e. The molecule has 2 aromatic heterocycles. The summed E-state index contributed by atoms with van der Waals surface area (Å²) in [5.74, 6) is 1.46. The number of aromatic nitrogens is 2. The van der Waals surface area contributed by atoms with Crippen molar-refractivity contribution in [3.8, 4) is 11.5 Å². The van der Waals surface area contributed by atoms with E-state index in [0.717, 1.165) is 28.9 Å². The molecule has 1 aromatic carbocycles. The van der Waals surface area contributed by atoms with Crippen molar-refractivity contribution in [2.45, 2.75) is 26.2 Å². The van der Waals surface area contributed by atoms with Gasteiger partial charge in [0.15, 0.2) is 5.82 Å². The number of methoxy groups -OCH3 is 1. The van der Waals surface area contributed by atoms with E-state index in [-0.39, 0.29) is 5.75 Å². The molecular formula is C18H18N4O2S. The summed E-state index contributed by atoms with van der Waals surface area (Å²) in [7, 11) is 1.57. The van der Waals surface area contributed by atoms with E-state index in [2.05, 4.69) is 20.5 Å². The van der Waals surface area contributed by atoms with E-state index in [4.69, 9.17) is 4.74 Å². The van der Waals surface area contributed by atoms with Gasteiger partial charge in [0.2, 0.25) is 0 Å². The van der Waals surface area contributed by atoms with Crippen molar-refractivity contribution in [2.75, 3.05) is 12.5 Å². The first-order valence-corrected chi connectivity index (χ1v) is 8.92. The monoisotopic (exact) mass is 354 g/mol. The van der Waals surface area contributed by atoms with Crippen LogP contribution in [-0.4, -0.2) is 27.9 Å². The third kappa shape index (κ3) is 2.80. The van der Waals surface area contributed by atoms with Crippen LogP contribution in [0.4, 0.5) is 5.82 Å². The molecule has 3 aromatic rings. The van der Waals surface area contributed by atoms with E-state index in [1.807, 2.05) is 6.92 Å². The number of hydrogen-bond acceptors (Lipinski definition) is 7. The van der Waals surface area contributed by atoms with E-state index < -0.39 is 0 Å². The Morgan fingerprint density at radius 2 is 2.20 bits per heavy atom. The maximum atomic E-state index is 10.1. The number of phenolic OH excluding ortho intramolecular Hbond substituents is 1. The van der Waals surface area contributed by atoms with Crippen LogP contribution in [0.5, 0.6) is 11.5 Å². The van der Waals surface area contributed by atoms with E-state index in [0.29, 0.717) is 17.0 Å². The number of benzene rings is 1. The molecule has 0 amide bonds. The SMILES string of the molecule is COc1ccc(/C(C)=N/Nc2ncnc3sc4c(c23)CCC4)c(O)c1. The minimum absolute atomic E-state index is 0.131. The van der Waals surface area contributed by atoms with Gasteiger partial charge < -0.3 is 9.84 Å². The summed E-state index contributed by atoms with van der Waals surface area (Å²) in [4.78, 5) is 11.2. The van der Waals surface area contributed by atoms with Gasteiger partial charge in [0.1, 0.15) is 22.7 Å². The van der Waals surface area contributed by atoms with Crippen LogP contribution < -0.4 is 10.2 Å². The van der Waals surface area contributed by atoms with Gasteiger partial charge in [-0.05, 0) is 43.9 Å². The number of ether oxygens (including phenoxy) is 1. The third-order valence-corrected chi connectivity index (χ3v) is 5.63. The van der Waals surface area contributed by atoms with Gasteiger partial charge in [-0.3, -0.25) is 5.43 Å². The van der Waals surface area contributed by atoms with Gasteiger partial charge in [-0.15, -0.1) is 11.3 Å². The molecule has 0 unspecified atom stereocenters. The van der Waals surface area contributed by atoms with Crippen LogP contribution in [0, 0.1) is 0 Å². The molecule has 2 heterocycles. The number of aromatic hydroxyl groups is 1. The van der Waals surface area contributed by atoms with Crippen LogP contribution in [0.3, 0.4) is 0 Å². The number of nitrogens with one attached hydrogen (secondary N) is 1. The number of aryl methyl sites for hydroxylation is 2. The highest BCUT2D eigenvalue weighted by molar-refractivity contribution is 7.19. The summed E-state index contributed by atoms with van der Waals surface area (Å²) in [6.45, 7) is 1.84. The Kier molecular flexibility index (Phi) is 4.01. The Morgan fingerprint density at radius 1 is 1.32 bits per heavy atom. The van der Waals surface area contributed by atoms with Crippen molar-refractivity contribution in [1.82, 2.24) is 9.97 Å². The fraction of sp³-hybridized carbons (Fsp3) is 0.278. The van der Waals surface area contributed by atoms with E-state index in [9.17, 15) is 5.11 Å². The van der Waals surface area contributed by atoms with Gasteiger partial charge in [-0.2, -0.15) is 5.10 Å². The van der Waals surface area contributed by atoms with Gasteiger partial charge in [-0.25, -0.2) is 9.97 Å². The van der Waals surface area contributed by atoms with Crippen molar-refractivity contribution >= 4 is 33.1 Å². The molecule has 4 rings (SSSR count). The van der Waals surface area contributed by atoms with Gasteiger partial charge >= 0.3 is 0 Å². The number of phenols is 1. The molecular weight excluding hydrogens is 336 g/mol. The minimum Gasteiger partial charge on any atom is -0.507 e. The van der Waals surface area contributed by atoms with Crippen LogP contribution in [0.25, 0.3) is 10.2 Å². The Hall–Kier alpha value is -2.67. The quantitative estimate of drug-likeness (QED) is 0.551. The zero-order chi connectivity index (χ0) is 17.4. The fourth-order valence-electron chi connectivity index (χ4n) is 3.15. The molecule has 0 atom stereocenters. The molecule has 0 radical (unpaired) electrons. The van der Waals surface area contributed by atoms with E-state index in [1.54, 1.807) is 43.0 Å². The van der Waals surface area contributed by atoms with Crippen LogP contribution in [-0.2, 0) is 12.8 Å². The van der Waals surface area contributed by atoms with Crippen LogP contribution >= 0.6 is 11.3 Å². The molecule has 25 heavy (non-hydrogen) atoms. The largest absolute Gasteiger partial charge is 0.507 e. The lowest BCUT2D eigenvalue weighted by molar-refractivity contribution is 0.407. The highest BCUT2D eigenvalue weighted by Gasteiger charge is 2.21. The highest BCUT2D eigenvalue weighted by atomic mass is 32.1. The summed E-state index contributed by atoms with van der Waals surface area (Å²) in [6.07, 6.45) is 4.94. The van der Waals surface area contributed by atoms with Crippen molar-refractivity contribution in [3.63, 3.8) is 0 Å². The lowest BCUT2D eigenvalue weighted by Crippen LogP contribution is -2.02. The standard InChI is InChI=1S/C18H18N4O2S/c1-10(12-7-6-11(24-2)8-14(12)23)21-22-17-16-13-4-3-5-15(13)25-18(16)20-9-19-17/h6-9,23H,3-5H2,1-2H3,(H,19,20,22)/b21-10+. The molecule has 6 nitrogen and oxygen atoms in total. The first kappa shape index (κ1) is 15.8. The molecule has 7 heteroatoms. The maximum absolute atomic E-state index is 10.1. The first-order valence-electron chi connectivity index (χ1n) is 8.10. The highest BCUT2D eigenvalue weighted by Crippen LogP contribution is 2.39. The topological polar surface area (TPSA) is 79.6 Å². The number of fused-ring (bicyclic) bond motifs is 3. The van der Waals surface area contributed by atoms with Gasteiger partial charge in [-0.1, -0.05) is 0 Å². The molecule has 0 fully saturated rings. The number of thiophene rings is 1. The number of rotatable bonds is 4. The van der Waals surface area contributed by atoms with Crippen molar-refractivity contribution in [1.29, 1.82) is 0 Å². The second kappa shape index (κ2) is 6.33. The predicted octanol–water partition coefficient (Wildman–Crippen LogP) is 3.73. The van der Waals surface area contributed by atoms with Gasteiger partial charge in [0, 0.05) is 16.5 Å². The Balaban J connectivity index is 1.67. The van der Waals surface area contributed by atoms with Gasteiger partial charge in [0.05, 0.1) is 18.2 Å². The van der Waals surface area contributed by atoms with Crippen molar-refractivity contribution < 1.29 is 9.84 Å². The molecule has 0 spiro atoms. The lowest BCUT2D eigenvalue weighted by Gasteiger charge is -2.08. The number of hydrazone groups is 1. The van der Waals surface area contributed by atoms with Gasteiger partial charge in [0.25, 0.3) is 0 Å².